The van der Waals surface area contributed by atoms with Crippen LogP contribution in [0.15, 0.2) is 185 Å². The molecular weight excluding hydrogens is 1820 g/mol. The molecule has 5 aromatic rings. The molecule has 4 aliphatic heterocycles. The van der Waals surface area contributed by atoms with Crippen molar-refractivity contribution in [2.75, 3.05) is 25.5 Å². The SMILES string of the molecule is CCCCC(C(=O)O)[N+]1=C(C)C(C)(C)c2cc(S(=O)(=O)[O-])ccc21.CN1C(=CC=CC=CC=CC2=[N+](CCCCCC(=O)O)c3ccc(S(=O)(=O)[O-])cc3C2(C)C)C(C)(C)c2c(I)cc(I)cc21.C[N+]1=C(/C=C/C=C/C=C/Cc2ccccc2)C(C)(C)c2c(I)cc(I)cc21.[I-]. The summed E-state index contributed by atoms with van der Waals surface area (Å²) >= 11 is 9.67. The Bertz CT molecular complexity index is 4350. The molecule has 96 heavy (non-hydrogen) atoms. The minimum absolute atomic E-state index is 0. The fraction of sp³-hybridized carbons (Fsp3) is 0.347. The molecule has 1 atom stereocenters. The van der Waals surface area contributed by atoms with Crippen molar-refractivity contribution in [3.8, 4) is 0 Å². The van der Waals surface area contributed by atoms with Gasteiger partial charge in [0.05, 0.1) is 31.6 Å². The van der Waals surface area contributed by atoms with Gasteiger partial charge in [-0.1, -0.05) is 118 Å². The highest BCUT2D eigenvalue weighted by molar-refractivity contribution is 14.1. The Morgan fingerprint density at radius 2 is 1.16 bits per heavy atom. The van der Waals surface area contributed by atoms with Crippen LogP contribution >= 0.6 is 90.4 Å². The Morgan fingerprint density at radius 3 is 1.74 bits per heavy atom. The predicted molar refractivity (Wildman–Crippen MR) is 414 cm³/mol. The number of anilines is 1. The Hall–Kier alpha value is -4.50. The summed E-state index contributed by atoms with van der Waals surface area (Å²) in [5.41, 5.74) is 12.9. The maximum absolute atomic E-state index is 11.8. The number of carboxylic acid groups (broad SMARTS) is 2. The molecule has 0 radical (unpaired) electrons. The summed E-state index contributed by atoms with van der Waals surface area (Å²) in [6.45, 7) is 21.5. The van der Waals surface area contributed by atoms with E-state index in [4.69, 9.17) is 5.11 Å². The third-order valence-corrected chi connectivity index (χ3v) is 22.8. The molecule has 4 aliphatic rings. The number of allylic oxidation sites excluding steroid dienone is 14. The van der Waals surface area contributed by atoms with Gasteiger partial charge in [0.25, 0.3) is 6.04 Å². The summed E-state index contributed by atoms with van der Waals surface area (Å²) in [5, 5.41) is 18.6. The van der Waals surface area contributed by atoms with Crippen LogP contribution in [0.5, 0.6) is 0 Å². The lowest BCUT2D eigenvalue weighted by Crippen LogP contribution is -3.00. The van der Waals surface area contributed by atoms with Gasteiger partial charge in [0.15, 0.2) is 17.1 Å². The van der Waals surface area contributed by atoms with Gasteiger partial charge in [-0.3, -0.25) is 4.79 Å². The maximum Gasteiger partial charge on any atom is 0.373 e. The van der Waals surface area contributed by atoms with E-state index in [-0.39, 0.29) is 51.0 Å². The zero-order valence-corrected chi connectivity index (χ0v) is 68.7. The highest BCUT2D eigenvalue weighted by atomic mass is 127. The molecule has 0 bridgehead atoms. The fourth-order valence-electron chi connectivity index (χ4n) is 13.0. The van der Waals surface area contributed by atoms with Crippen molar-refractivity contribution in [1.82, 2.24) is 0 Å². The normalized spacial score (nSPS) is 17.4. The summed E-state index contributed by atoms with van der Waals surface area (Å²) in [6, 6.07) is 27.5. The number of likely N-dealkylation sites (N-methyl/N-ethyl adjacent to an activating group) is 1. The molecule has 0 amide bonds. The van der Waals surface area contributed by atoms with Crippen LogP contribution in [0.4, 0.5) is 22.7 Å². The molecular formula is C75H85I5N4O10S2. The highest BCUT2D eigenvalue weighted by Gasteiger charge is 2.49. The Balaban J connectivity index is 0.000000241. The largest absolute Gasteiger partial charge is 1.00 e. The zero-order chi connectivity index (χ0) is 70.2. The van der Waals surface area contributed by atoms with E-state index in [2.05, 4.69) is 249 Å². The molecule has 512 valence electrons. The molecule has 14 nitrogen and oxygen atoms in total. The second-order valence-electron chi connectivity index (χ2n) is 26.1. The maximum atomic E-state index is 11.8. The number of rotatable bonds is 22. The number of carbonyl (C=O) groups is 2. The van der Waals surface area contributed by atoms with Crippen molar-refractivity contribution < 1.29 is 83.4 Å². The minimum atomic E-state index is -4.59. The minimum Gasteiger partial charge on any atom is -1.00 e. The first-order chi connectivity index (χ1) is 44.5. The average Bonchev–Trinajstić information content (AvgIpc) is 1.61. The van der Waals surface area contributed by atoms with Crippen LogP contribution in [0.1, 0.15) is 142 Å². The van der Waals surface area contributed by atoms with E-state index in [9.17, 15) is 40.6 Å². The lowest BCUT2D eigenvalue weighted by molar-refractivity contribution is -0.472. The summed E-state index contributed by atoms with van der Waals surface area (Å²) in [4.78, 5) is 24.4. The molecule has 2 N–H and O–H groups in total. The number of hydrogen-bond donors (Lipinski definition) is 2. The number of fused-ring (bicyclic) bond motifs is 4. The summed E-state index contributed by atoms with van der Waals surface area (Å²) < 4.78 is 80.6. The Morgan fingerprint density at radius 1 is 0.615 bits per heavy atom. The van der Waals surface area contributed by atoms with Crippen LogP contribution in [-0.4, -0.2) is 106 Å². The van der Waals surface area contributed by atoms with Gasteiger partial charge in [-0.25, -0.2) is 21.6 Å². The van der Waals surface area contributed by atoms with E-state index < -0.39 is 49.0 Å². The molecule has 0 fully saturated rings. The summed E-state index contributed by atoms with van der Waals surface area (Å²) in [7, 11) is -4.86. The van der Waals surface area contributed by atoms with Crippen LogP contribution in [0.25, 0.3) is 0 Å². The van der Waals surface area contributed by atoms with Gasteiger partial charge < -0.3 is 48.2 Å². The van der Waals surface area contributed by atoms with Crippen molar-refractivity contribution in [3.63, 3.8) is 0 Å². The van der Waals surface area contributed by atoms with Gasteiger partial charge in [-0.2, -0.15) is 13.7 Å². The quantitative estimate of drug-likeness (QED) is 0.0219. The van der Waals surface area contributed by atoms with Gasteiger partial charge in [-0.05, 0) is 212 Å². The second-order valence-corrected chi connectivity index (χ2v) is 33.6. The Labute approximate surface area is 640 Å². The van der Waals surface area contributed by atoms with Crippen LogP contribution in [0, 0.1) is 14.3 Å². The number of carboxylic acids is 2. The molecule has 0 saturated carbocycles. The molecule has 5 aromatic carbocycles. The molecule has 21 heteroatoms. The first-order valence-corrected chi connectivity index (χ1v) is 38.7. The lowest BCUT2D eigenvalue weighted by atomic mass is 9.81. The van der Waals surface area contributed by atoms with E-state index in [0.29, 0.717) is 30.6 Å². The lowest BCUT2D eigenvalue weighted by Gasteiger charge is -2.24. The molecule has 0 saturated heterocycles. The predicted octanol–water partition coefficient (Wildman–Crippen LogP) is 14.2. The van der Waals surface area contributed by atoms with Gasteiger partial charge >= 0.3 is 11.9 Å². The molecule has 1 unspecified atom stereocenters. The van der Waals surface area contributed by atoms with Crippen molar-refractivity contribution in [3.05, 3.63) is 218 Å². The fourth-order valence-corrected chi connectivity index (χ4v) is 19.0. The number of aliphatic carboxylic acids is 2. The van der Waals surface area contributed by atoms with Gasteiger partial charge in [0, 0.05) is 111 Å². The number of hydrogen-bond acceptors (Lipinski definition) is 9. The van der Waals surface area contributed by atoms with Gasteiger partial charge in [-0.15, -0.1) is 0 Å². The number of benzene rings is 5. The van der Waals surface area contributed by atoms with E-state index in [1.807, 2.05) is 71.9 Å². The average molecular weight is 1900 g/mol. The van der Waals surface area contributed by atoms with Crippen molar-refractivity contribution in [2.24, 2.45) is 0 Å². The third kappa shape index (κ3) is 18.7. The molecule has 0 aromatic heterocycles. The molecule has 0 aliphatic carbocycles. The van der Waals surface area contributed by atoms with E-state index in [1.165, 1.54) is 78.0 Å². The second kappa shape index (κ2) is 33.8. The standard InChI is InChI=1S/C34H38I2N2O5S.C24H24I2N.C17H23NO5S.HI/c1-33(2)25-22-24(44(41,42)43)17-18-27(25)38(19-13-9-12-16-31(39)40)30(33)15-11-8-6-7-10-14-29-34(3,4)32-26(36)20-23(35)21-28(32)37(29)5;1-24(2)22(27(3)21-17-19(25)16-20(26)23(21)24)15-11-6-4-5-8-12-18-13-9-7-10-14-18;1-5-6-7-15(16(19)20)18-11(2)17(3,4)13-10-12(24(21,22)23)8-9-14(13)18;/h6-8,10-11,14-15,17-18,20-22H,9,12-13,16,19H2,1-5H3,(H-,39,40,41,42,43);4-11,13-17H,12H2,1-3H3;8-10,15H,5-7H2,1-4H3,(H-,19,20,21,22,23);1H/q;+1;;/p-1/b;6-4+,8-5+,15-11+;;. The smallest absolute Gasteiger partial charge is 0.373 e. The van der Waals surface area contributed by atoms with Gasteiger partial charge in [0.1, 0.15) is 33.8 Å². The van der Waals surface area contributed by atoms with Crippen LogP contribution in [0.3, 0.4) is 0 Å². The number of unbranched alkanes of at least 4 members (excludes halogenated alkanes) is 3. The molecule has 0 spiro atoms. The van der Waals surface area contributed by atoms with Crippen molar-refractivity contribution >= 4 is 162 Å². The van der Waals surface area contributed by atoms with E-state index in [1.54, 1.807) is 16.7 Å². The Kier molecular flexibility index (Phi) is 28.3. The molecule has 4 heterocycles. The van der Waals surface area contributed by atoms with E-state index >= 15 is 0 Å². The van der Waals surface area contributed by atoms with Crippen LogP contribution in [0.2, 0.25) is 0 Å². The first-order valence-electron chi connectivity index (χ1n) is 31.5. The zero-order valence-electron chi connectivity index (χ0n) is 56.3. The monoisotopic (exact) mass is 1900 g/mol. The summed E-state index contributed by atoms with van der Waals surface area (Å²) in [5.74, 6) is -1.71. The van der Waals surface area contributed by atoms with Crippen LogP contribution in [-0.2, 0) is 57.9 Å². The highest BCUT2D eigenvalue weighted by Crippen LogP contribution is 2.50. The topological polar surface area (TPSA) is 201 Å². The van der Waals surface area contributed by atoms with Crippen molar-refractivity contribution in [2.45, 2.75) is 158 Å². The van der Waals surface area contributed by atoms with Crippen LogP contribution < -0.4 is 28.9 Å². The number of halogens is 5. The van der Waals surface area contributed by atoms with E-state index in [0.717, 1.165) is 54.8 Å². The summed E-state index contributed by atoms with van der Waals surface area (Å²) in [6.07, 6.45) is 32.5. The molecule has 9 rings (SSSR count). The van der Waals surface area contributed by atoms with Crippen molar-refractivity contribution in [1.29, 1.82) is 0 Å². The first kappa shape index (κ1) is 80.5. The number of nitrogens with zero attached hydrogens (tertiary/aromatic N) is 4. The third-order valence-electron chi connectivity index (χ3n) is 18.2. The van der Waals surface area contributed by atoms with Gasteiger partial charge in [0.2, 0.25) is 17.1 Å².